The molecule has 0 radical (unpaired) electrons. The predicted octanol–water partition coefficient (Wildman–Crippen LogP) is 6.54. The second-order valence-corrected chi connectivity index (χ2v) is 12.7. The van der Waals surface area contributed by atoms with E-state index in [9.17, 15) is 14.4 Å². The number of carbonyl (C=O) groups is 2. The molecule has 1 N–H and O–H groups in total. The van der Waals surface area contributed by atoms with Crippen molar-refractivity contribution in [1.82, 2.24) is 4.98 Å². The molecule has 1 aromatic heterocycles. The van der Waals surface area contributed by atoms with Gasteiger partial charge in [0, 0.05) is 25.9 Å². The van der Waals surface area contributed by atoms with Crippen molar-refractivity contribution in [2.75, 3.05) is 4.90 Å². The van der Waals surface area contributed by atoms with E-state index in [-0.39, 0.29) is 16.7 Å². The largest absolute Gasteiger partial charge is 0.489 e. The number of aryl methyl sites for hydroxylation is 1. The highest BCUT2D eigenvalue weighted by Gasteiger charge is 2.56. The molecule has 2 aliphatic rings. The Labute approximate surface area is 240 Å². The Hall–Kier alpha value is -2.85. The summed E-state index contributed by atoms with van der Waals surface area (Å²) >= 11 is 11.9. The average molecular weight is 628 g/mol. The van der Waals surface area contributed by atoms with Crippen molar-refractivity contribution in [2.24, 2.45) is 5.92 Å². The number of imide groups is 1. The first-order valence-electron chi connectivity index (χ1n) is 11.8. The summed E-state index contributed by atoms with van der Waals surface area (Å²) in [6.07, 6.45) is 0. The van der Waals surface area contributed by atoms with Crippen molar-refractivity contribution >= 4 is 68.1 Å². The number of fused-ring (bicyclic) bond motifs is 2. The number of thioether (sulfide) groups is 1. The number of nitrogens with one attached hydrogen (secondary N) is 1. The first-order valence-corrected chi connectivity index (χ1v) is 14.7. The molecule has 38 heavy (non-hydrogen) atoms. The molecule has 0 spiro atoms. The molecule has 10 heteroatoms. The highest BCUT2D eigenvalue weighted by atomic mass is 79.9. The van der Waals surface area contributed by atoms with Gasteiger partial charge in [-0.05, 0) is 55.0 Å². The summed E-state index contributed by atoms with van der Waals surface area (Å²) in [6.45, 7) is 2.37. The van der Waals surface area contributed by atoms with Crippen LogP contribution in [0.25, 0.3) is 0 Å². The van der Waals surface area contributed by atoms with Crippen LogP contribution < -0.4 is 14.5 Å². The van der Waals surface area contributed by atoms with Crippen LogP contribution in [0, 0.1) is 12.8 Å². The number of H-pyrrole nitrogens is 1. The molecular weight excluding hydrogens is 608 g/mol. The molecule has 1 fully saturated rings. The number of ether oxygens (including phenoxy) is 1. The lowest BCUT2D eigenvalue weighted by molar-refractivity contribution is -0.122. The van der Waals surface area contributed by atoms with E-state index < -0.39 is 17.1 Å². The second-order valence-electron chi connectivity index (χ2n) is 9.19. The molecule has 0 bridgehead atoms. The zero-order valence-electron chi connectivity index (χ0n) is 19.9. The number of aromatic amines is 1. The zero-order chi connectivity index (χ0) is 26.6. The summed E-state index contributed by atoms with van der Waals surface area (Å²) < 4.78 is 7.10. The summed E-state index contributed by atoms with van der Waals surface area (Å²) in [5.74, 6) is -1.28. The highest BCUT2D eigenvalue weighted by Crippen LogP contribution is 2.54. The van der Waals surface area contributed by atoms with Gasteiger partial charge in [0.05, 0.1) is 16.6 Å². The Morgan fingerprint density at radius 2 is 1.74 bits per heavy atom. The van der Waals surface area contributed by atoms with Crippen LogP contribution in [0.4, 0.5) is 5.69 Å². The number of halogens is 2. The maximum atomic E-state index is 14.0. The first kappa shape index (κ1) is 25.4. The molecule has 4 aromatic rings. The van der Waals surface area contributed by atoms with E-state index in [1.54, 1.807) is 24.3 Å². The average Bonchev–Trinajstić information content (AvgIpc) is 3.39. The van der Waals surface area contributed by atoms with Gasteiger partial charge >= 0.3 is 4.87 Å². The highest BCUT2D eigenvalue weighted by molar-refractivity contribution is 9.10. The van der Waals surface area contributed by atoms with Crippen molar-refractivity contribution in [3.05, 3.63) is 107 Å². The van der Waals surface area contributed by atoms with E-state index in [4.69, 9.17) is 16.3 Å². The fourth-order valence-electron chi connectivity index (χ4n) is 4.94. The Bertz CT molecular complexity index is 1620. The van der Waals surface area contributed by atoms with Gasteiger partial charge in [0.15, 0.2) is 0 Å². The van der Waals surface area contributed by atoms with Gasteiger partial charge in [-0.1, -0.05) is 80.5 Å². The van der Waals surface area contributed by atoms with Crippen LogP contribution in [0.1, 0.15) is 27.5 Å². The molecule has 0 saturated carbocycles. The third-order valence-corrected chi connectivity index (χ3v) is 9.88. The van der Waals surface area contributed by atoms with E-state index in [1.807, 2.05) is 49.4 Å². The summed E-state index contributed by atoms with van der Waals surface area (Å²) in [5, 5.41) is 0.446. The van der Waals surface area contributed by atoms with Crippen molar-refractivity contribution in [3.63, 3.8) is 0 Å². The van der Waals surface area contributed by atoms with Crippen molar-refractivity contribution in [3.8, 4) is 5.75 Å². The molecule has 3 aromatic carbocycles. The number of amides is 2. The second kappa shape index (κ2) is 10.0. The molecule has 3 heterocycles. The van der Waals surface area contributed by atoms with Gasteiger partial charge in [0.25, 0.3) is 0 Å². The number of hydrogen-bond donors (Lipinski definition) is 1. The quantitative estimate of drug-likeness (QED) is 0.255. The van der Waals surface area contributed by atoms with E-state index in [2.05, 4.69) is 20.9 Å². The Balaban J connectivity index is 1.44. The fourth-order valence-corrected chi connectivity index (χ4v) is 7.95. The van der Waals surface area contributed by atoms with Gasteiger partial charge in [-0.25, -0.2) is 4.90 Å². The predicted molar refractivity (Wildman–Crippen MR) is 154 cm³/mol. The molecule has 192 valence electrons. The lowest BCUT2D eigenvalue weighted by Gasteiger charge is -2.31. The monoisotopic (exact) mass is 626 g/mol. The van der Waals surface area contributed by atoms with E-state index in [0.717, 1.165) is 37.4 Å². The molecule has 6 nitrogen and oxygen atoms in total. The van der Waals surface area contributed by atoms with E-state index >= 15 is 0 Å². The minimum atomic E-state index is -0.710. The maximum Gasteiger partial charge on any atom is 0.305 e. The van der Waals surface area contributed by atoms with E-state index in [0.29, 0.717) is 28.1 Å². The molecule has 0 aliphatic carbocycles. The minimum Gasteiger partial charge on any atom is -0.489 e. The number of hydrogen-bond acceptors (Lipinski definition) is 6. The van der Waals surface area contributed by atoms with Gasteiger partial charge in [-0.2, -0.15) is 0 Å². The maximum absolute atomic E-state index is 14.0. The zero-order valence-corrected chi connectivity index (χ0v) is 23.9. The lowest BCUT2D eigenvalue weighted by Crippen LogP contribution is -2.32. The van der Waals surface area contributed by atoms with Gasteiger partial charge in [-0.15, -0.1) is 0 Å². The topological polar surface area (TPSA) is 79.5 Å². The summed E-state index contributed by atoms with van der Waals surface area (Å²) in [4.78, 5) is 44.7. The van der Waals surface area contributed by atoms with Crippen LogP contribution >= 0.6 is 50.6 Å². The minimum absolute atomic E-state index is 0.223. The summed E-state index contributed by atoms with van der Waals surface area (Å²) in [7, 11) is 0. The number of rotatable bonds is 5. The Morgan fingerprint density at radius 1 is 1.00 bits per heavy atom. The van der Waals surface area contributed by atoms with Gasteiger partial charge in [0.2, 0.25) is 11.8 Å². The van der Waals surface area contributed by atoms with Crippen LogP contribution in [-0.4, -0.2) is 22.0 Å². The van der Waals surface area contributed by atoms with Crippen molar-refractivity contribution in [1.29, 1.82) is 0 Å². The molecule has 2 amide bonds. The summed E-state index contributed by atoms with van der Waals surface area (Å²) in [6, 6.07) is 20.4. The fraction of sp³-hybridized carbons (Fsp3) is 0.179. The van der Waals surface area contributed by atoms with Crippen LogP contribution in [0.2, 0.25) is 5.02 Å². The third kappa shape index (κ3) is 4.51. The lowest BCUT2D eigenvalue weighted by atomic mass is 9.82. The van der Waals surface area contributed by atoms with Crippen molar-refractivity contribution < 1.29 is 14.3 Å². The molecule has 2 unspecified atom stereocenters. The smallest absolute Gasteiger partial charge is 0.305 e. The van der Waals surface area contributed by atoms with Crippen LogP contribution in [0.15, 0.2) is 81.0 Å². The van der Waals surface area contributed by atoms with E-state index in [1.165, 1.54) is 16.7 Å². The number of anilines is 1. The molecule has 1 saturated heterocycles. The third-order valence-electron chi connectivity index (χ3n) is 6.73. The molecular formula is C28H20BrClN2O4S2. The van der Waals surface area contributed by atoms with Gasteiger partial charge in [0.1, 0.15) is 17.6 Å². The first-order chi connectivity index (χ1) is 18.3. The number of aromatic nitrogens is 1. The molecule has 2 aliphatic heterocycles. The molecule has 6 rings (SSSR count). The Kier molecular flexibility index (Phi) is 6.72. The standard InChI is InChI=1S/C28H20BrClN2O4S2/c1-14-2-4-15(5-3-14)13-36-20-11-6-16(29)12-19(20)21-22-24(37-25-23(21)38-28(35)31-25)27(34)32(26(22)33)18-9-7-17(30)8-10-18/h2-12,21-22,24H,13H2,1H3,(H,31,35)/t21-,22?,24?/m1/s1. The SMILES string of the molecule is Cc1ccc(COc2ccc(Br)cc2[C@H]2c3sc(=O)[nH]c3SC3C(=O)N(c4ccc(Cl)cc4)C(=O)C32)cc1. The number of benzene rings is 3. The van der Waals surface area contributed by atoms with Gasteiger partial charge in [-0.3, -0.25) is 14.4 Å². The normalized spacial score (nSPS) is 20.4. The van der Waals surface area contributed by atoms with Crippen LogP contribution in [0.3, 0.4) is 0 Å². The number of carbonyl (C=O) groups excluding carboxylic acids is 2. The van der Waals surface area contributed by atoms with Crippen molar-refractivity contribution in [2.45, 2.75) is 29.7 Å². The Morgan fingerprint density at radius 3 is 2.47 bits per heavy atom. The van der Waals surface area contributed by atoms with Crippen LogP contribution in [0.5, 0.6) is 5.75 Å². The van der Waals surface area contributed by atoms with Gasteiger partial charge < -0.3 is 9.72 Å². The van der Waals surface area contributed by atoms with Crippen LogP contribution in [-0.2, 0) is 16.2 Å². The summed E-state index contributed by atoms with van der Waals surface area (Å²) in [5.41, 5.74) is 3.39. The number of nitrogens with zero attached hydrogens (tertiary/aromatic N) is 1. The number of thiazole rings is 1. The molecule has 3 atom stereocenters.